The standard InChI is InChI=1S/C23H38N6O.HI/c1-20(26(3)18-21-9-5-4-6-10-21)17-25-23(24-2)29-15-13-27(14-16-29)19-22(30)28-11-7-8-12-28;/h4-6,9-10,20H,7-8,11-19H2,1-3H3,(H,24,25);1H. The summed E-state index contributed by atoms with van der Waals surface area (Å²) in [6, 6.07) is 11.0. The summed E-state index contributed by atoms with van der Waals surface area (Å²) in [5, 5.41) is 3.55. The van der Waals surface area contributed by atoms with Crippen LogP contribution in [0.3, 0.4) is 0 Å². The predicted octanol–water partition coefficient (Wildman–Crippen LogP) is 1.94. The Kier molecular flexibility index (Phi) is 11.0. The zero-order chi connectivity index (χ0) is 21.3. The molecule has 0 radical (unpaired) electrons. The van der Waals surface area contributed by atoms with Crippen LogP contribution < -0.4 is 5.32 Å². The molecule has 1 unspecified atom stereocenters. The summed E-state index contributed by atoms with van der Waals surface area (Å²) in [6.07, 6.45) is 2.31. The van der Waals surface area contributed by atoms with Gasteiger partial charge in [-0.2, -0.15) is 0 Å². The molecular formula is C23H39IN6O. The molecule has 0 aromatic heterocycles. The monoisotopic (exact) mass is 542 g/mol. The number of aliphatic imine (C=N–C) groups is 1. The minimum Gasteiger partial charge on any atom is -0.355 e. The number of nitrogens with one attached hydrogen (secondary N) is 1. The molecule has 1 atom stereocenters. The van der Waals surface area contributed by atoms with Gasteiger partial charge in [-0.25, -0.2) is 0 Å². The van der Waals surface area contributed by atoms with E-state index in [4.69, 9.17) is 0 Å². The van der Waals surface area contributed by atoms with Crippen LogP contribution >= 0.6 is 24.0 Å². The maximum atomic E-state index is 12.4. The first kappa shape index (κ1) is 25.9. The molecule has 1 N–H and O–H groups in total. The summed E-state index contributed by atoms with van der Waals surface area (Å²) in [6.45, 7) is 10.1. The Labute approximate surface area is 204 Å². The Bertz CT molecular complexity index is 687. The van der Waals surface area contributed by atoms with Gasteiger partial charge in [0.05, 0.1) is 6.54 Å². The van der Waals surface area contributed by atoms with E-state index in [1.54, 1.807) is 0 Å². The van der Waals surface area contributed by atoms with Crippen LogP contribution in [0.15, 0.2) is 35.3 Å². The van der Waals surface area contributed by atoms with Crippen LogP contribution in [0.5, 0.6) is 0 Å². The number of rotatable bonds is 7. The molecule has 2 fully saturated rings. The molecule has 0 saturated carbocycles. The molecule has 2 aliphatic rings. The SMILES string of the molecule is CN=C(NCC(C)N(C)Cc1ccccc1)N1CCN(CC(=O)N2CCCC2)CC1.I. The van der Waals surface area contributed by atoms with Gasteiger partial charge in [0.1, 0.15) is 0 Å². The fourth-order valence-corrected chi connectivity index (χ4v) is 4.13. The molecule has 1 aromatic rings. The van der Waals surface area contributed by atoms with Crippen LogP contribution in [-0.4, -0.2) is 104 Å². The minimum atomic E-state index is 0. The highest BCUT2D eigenvalue weighted by molar-refractivity contribution is 14.0. The molecule has 174 valence electrons. The lowest BCUT2D eigenvalue weighted by Gasteiger charge is -2.37. The van der Waals surface area contributed by atoms with Gasteiger partial charge < -0.3 is 15.1 Å². The summed E-state index contributed by atoms with van der Waals surface area (Å²) in [4.78, 5) is 25.8. The third-order valence-electron chi connectivity index (χ3n) is 6.28. The zero-order valence-corrected chi connectivity index (χ0v) is 21.6. The average molecular weight is 543 g/mol. The van der Waals surface area contributed by atoms with Crippen LogP contribution in [0.1, 0.15) is 25.3 Å². The molecule has 0 spiro atoms. The fourth-order valence-electron chi connectivity index (χ4n) is 4.13. The molecule has 0 aliphatic carbocycles. The van der Waals surface area contributed by atoms with Gasteiger partial charge in [0, 0.05) is 65.4 Å². The number of hydrogen-bond acceptors (Lipinski definition) is 4. The number of amides is 1. The van der Waals surface area contributed by atoms with E-state index in [0.29, 0.717) is 18.5 Å². The van der Waals surface area contributed by atoms with Gasteiger partial charge in [-0.3, -0.25) is 19.6 Å². The number of carbonyl (C=O) groups excluding carboxylic acids is 1. The highest BCUT2D eigenvalue weighted by atomic mass is 127. The van der Waals surface area contributed by atoms with Crippen molar-refractivity contribution in [2.24, 2.45) is 4.99 Å². The Hall–Kier alpha value is -1.39. The quantitative estimate of drug-likeness (QED) is 0.325. The maximum Gasteiger partial charge on any atom is 0.236 e. The highest BCUT2D eigenvalue weighted by Crippen LogP contribution is 2.10. The van der Waals surface area contributed by atoms with Gasteiger partial charge in [-0.15, -0.1) is 24.0 Å². The third-order valence-corrected chi connectivity index (χ3v) is 6.28. The van der Waals surface area contributed by atoms with Gasteiger partial charge in [0.2, 0.25) is 5.91 Å². The van der Waals surface area contributed by atoms with Crippen molar-refractivity contribution >= 4 is 35.8 Å². The summed E-state index contributed by atoms with van der Waals surface area (Å²) >= 11 is 0. The van der Waals surface area contributed by atoms with Crippen LogP contribution in [0.4, 0.5) is 0 Å². The minimum absolute atomic E-state index is 0. The first-order chi connectivity index (χ1) is 14.6. The fraction of sp³-hybridized carbons (Fsp3) is 0.652. The Morgan fingerprint density at radius 3 is 2.32 bits per heavy atom. The Morgan fingerprint density at radius 1 is 1.06 bits per heavy atom. The molecule has 8 heteroatoms. The number of likely N-dealkylation sites (N-methyl/N-ethyl adjacent to an activating group) is 1. The number of likely N-dealkylation sites (tertiary alicyclic amines) is 1. The number of guanidine groups is 1. The van der Waals surface area contributed by atoms with E-state index in [-0.39, 0.29) is 24.0 Å². The van der Waals surface area contributed by atoms with Gasteiger partial charge in [-0.1, -0.05) is 30.3 Å². The van der Waals surface area contributed by atoms with Crippen molar-refractivity contribution in [1.82, 2.24) is 24.9 Å². The van der Waals surface area contributed by atoms with E-state index in [0.717, 1.165) is 71.2 Å². The molecule has 2 saturated heterocycles. The first-order valence-electron chi connectivity index (χ1n) is 11.3. The van der Waals surface area contributed by atoms with Crippen LogP contribution in [0.25, 0.3) is 0 Å². The second kappa shape index (κ2) is 13.2. The van der Waals surface area contributed by atoms with Crippen molar-refractivity contribution in [3.8, 4) is 0 Å². The molecule has 1 aromatic carbocycles. The number of piperazine rings is 1. The first-order valence-corrected chi connectivity index (χ1v) is 11.3. The van der Waals surface area contributed by atoms with Crippen molar-refractivity contribution in [2.75, 3.05) is 66.5 Å². The van der Waals surface area contributed by atoms with E-state index >= 15 is 0 Å². The molecule has 1 amide bonds. The maximum absolute atomic E-state index is 12.4. The lowest BCUT2D eigenvalue weighted by molar-refractivity contribution is -0.131. The van der Waals surface area contributed by atoms with E-state index in [9.17, 15) is 4.79 Å². The van der Waals surface area contributed by atoms with Gasteiger partial charge >= 0.3 is 0 Å². The molecular weight excluding hydrogens is 503 g/mol. The van der Waals surface area contributed by atoms with E-state index in [2.05, 4.69) is 69.3 Å². The molecule has 3 rings (SSSR count). The molecule has 2 aliphatic heterocycles. The van der Waals surface area contributed by atoms with Crippen molar-refractivity contribution in [1.29, 1.82) is 0 Å². The van der Waals surface area contributed by atoms with Crippen molar-refractivity contribution in [3.63, 3.8) is 0 Å². The highest BCUT2D eigenvalue weighted by Gasteiger charge is 2.24. The molecule has 2 heterocycles. The number of benzene rings is 1. The van der Waals surface area contributed by atoms with Crippen LogP contribution in [-0.2, 0) is 11.3 Å². The van der Waals surface area contributed by atoms with Gasteiger partial charge in [0.25, 0.3) is 0 Å². The summed E-state index contributed by atoms with van der Waals surface area (Å²) < 4.78 is 0. The van der Waals surface area contributed by atoms with Crippen molar-refractivity contribution < 1.29 is 4.79 Å². The topological polar surface area (TPSA) is 54.4 Å². The average Bonchev–Trinajstić information content (AvgIpc) is 3.31. The number of nitrogens with zero attached hydrogens (tertiary/aromatic N) is 5. The molecule has 0 bridgehead atoms. The largest absolute Gasteiger partial charge is 0.355 e. The second-order valence-corrected chi connectivity index (χ2v) is 8.53. The third kappa shape index (κ3) is 7.91. The lowest BCUT2D eigenvalue weighted by Crippen LogP contribution is -2.55. The molecule has 7 nitrogen and oxygen atoms in total. The normalized spacial score (nSPS) is 18.8. The van der Waals surface area contributed by atoms with Gasteiger partial charge in [0.15, 0.2) is 5.96 Å². The van der Waals surface area contributed by atoms with Crippen molar-refractivity contribution in [2.45, 2.75) is 32.4 Å². The Balaban J connectivity index is 0.00000341. The van der Waals surface area contributed by atoms with Crippen LogP contribution in [0, 0.1) is 0 Å². The Morgan fingerprint density at radius 2 is 1.71 bits per heavy atom. The zero-order valence-electron chi connectivity index (χ0n) is 19.3. The summed E-state index contributed by atoms with van der Waals surface area (Å²) in [5.74, 6) is 1.25. The summed E-state index contributed by atoms with van der Waals surface area (Å²) in [7, 11) is 4.02. The lowest BCUT2D eigenvalue weighted by atomic mass is 10.2. The molecule has 31 heavy (non-hydrogen) atoms. The van der Waals surface area contributed by atoms with Gasteiger partial charge in [-0.05, 0) is 32.4 Å². The van der Waals surface area contributed by atoms with E-state index in [1.807, 2.05) is 11.9 Å². The van der Waals surface area contributed by atoms with E-state index < -0.39 is 0 Å². The van der Waals surface area contributed by atoms with Crippen molar-refractivity contribution in [3.05, 3.63) is 35.9 Å². The number of hydrogen-bond donors (Lipinski definition) is 1. The summed E-state index contributed by atoms with van der Waals surface area (Å²) in [5.41, 5.74) is 1.33. The predicted molar refractivity (Wildman–Crippen MR) is 138 cm³/mol. The number of carbonyl (C=O) groups is 1. The smallest absolute Gasteiger partial charge is 0.236 e. The second-order valence-electron chi connectivity index (χ2n) is 8.53. The van der Waals surface area contributed by atoms with Crippen LogP contribution in [0.2, 0.25) is 0 Å². The number of halogens is 1. The van der Waals surface area contributed by atoms with E-state index in [1.165, 1.54) is 5.56 Å².